The molecule has 2 nitrogen and oxygen atoms in total. The van der Waals surface area contributed by atoms with E-state index in [1.165, 1.54) is 7.11 Å². The van der Waals surface area contributed by atoms with Crippen LogP contribution < -0.4 is 0 Å². The first-order valence-electron chi connectivity index (χ1n) is 2.10. The van der Waals surface area contributed by atoms with Crippen LogP contribution in [0.1, 0.15) is 6.42 Å². The molecule has 7 heavy (non-hydrogen) atoms. The molecule has 0 N–H and O–H groups in total. The fourth-order valence-electron chi connectivity index (χ4n) is 0.204. The molecule has 41 valence electrons. The van der Waals surface area contributed by atoms with Gasteiger partial charge in [0.15, 0.2) is 0 Å². The zero-order valence-corrected chi connectivity index (χ0v) is 4.39. The summed E-state index contributed by atoms with van der Waals surface area (Å²) in [5.74, 6) is 0. The highest BCUT2D eigenvalue weighted by molar-refractivity contribution is 5.50. The minimum atomic E-state index is -0.169. The van der Waals surface area contributed by atoms with Crippen LogP contribution in [-0.4, -0.2) is 19.5 Å². The molecule has 0 amide bonds. The molecule has 0 aromatic rings. The summed E-state index contributed by atoms with van der Waals surface area (Å²) in [5.41, 5.74) is 0. The van der Waals surface area contributed by atoms with E-state index in [9.17, 15) is 4.79 Å². The molecule has 0 spiro atoms. The zero-order chi connectivity index (χ0) is 5.70. The summed E-state index contributed by atoms with van der Waals surface area (Å²) in [7, 11) is 1.53. The smallest absolute Gasteiger partial charge is 0.122 e. The van der Waals surface area contributed by atoms with E-state index in [-0.39, 0.29) is 6.10 Å². The predicted octanol–water partition coefficient (Wildman–Crippen LogP) is 0.424. The van der Waals surface area contributed by atoms with E-state index in [1.807, 2.05) is 0 Å². The Labute approximate surface area is 43.5 Å². The Balaban J connectivity index is 2.98. The second-order valence-corrected chi connectivity index (χ2v) is 1.26. The first-order valence-corrected chi connectivity index (χ1v) is 2.10. The monoisotopic (exact) mass is 101 g/mol. The molecule has 0 aliphatic rings. The lowest BCUT2D eigenvalue weighted by Crippen LogP contribution is -2.04. The maximum atomic E-state index is 9.65. The summed E-state index contributed by atoms with van der Waals surface area (Å²) in [6, 6.07) is 0. The second kappa shape index (κ2) is 3.81. The van der Waals surface area contributed by atoms with Crippen molar-refractivity contribution in [3.05, 3.63) is 6.92 Å². The van der Waals surface area contributed by atoms with Gasteiger partial charge in [-0.3, -0.25) is 0 Å². The van der Waals surface area contributed by atoms with Crippen LogP contribution in [0.4, 0.5) is 0 Å². The first kappa shape index (κ1) is 6.63. The molecule has 0 bridgehead atoms. The summed E-state index contributed by atoms with van der Waals surface area (Å²) in [5, 5.41) is 0. The number of methoxy groups -OCH3 is 1. The molecule has 0 saturated carbocycles. The van der Waals surface area contributed by atoms with Crippen LogP contribution in [0.2, 0.25) is 0 Å². The standard InChI is InChI=1S/C5H9O2/c1-5(7-2)3-4-6/h4-5H,1,3H2,2H3. The van der Waals surface area contributed by atoms with Crippen LogP contribution in [0.15, 0.2) is 0 Å². The predicted molar refractivity (Wildman–Crippen MR) is 26.8 cm³/mol. The third kappa shape index (κ3) is 3.46. The maximum absolute atomic E-state index is 9.65. The molecule has 1 unspecified atom stereocenters. The van der Waals surface area contributed by atoms with Crippen molar-refractivity contribution in [1.82, 2.24) is 0 Å². The summed E-state index contributed by atoms with van der Waals surface area (Å²) in [6.45, 7) is 3.49. The van der Waals surface area contributed by atoms with Gasteiger partial charge in [0.05, 0.1) is 6.10 Å². The van der Waals surface area contributed by atoms with E-state index in [4.69, 9.17) is 0 Å². The van der Waals surface area contributed by atoms with E-state index in [2.05, 4.69) is 11.7 Å². The molecule has 0 fully saturated rings. The number of ether oxygens (including phenoxy) is 1. The fraction of sp³-hybridized carbons (Fsp3) is 0.600. The second-order valence-electron chi connectivity index (χ2n) is 1.26. The van der Waals surface area contributed by atoms with Crippen LogP contribution in [-0.2, 0) is 9.53 Å². The van der Waals surface area contributed by atoms with Gasteiger partial charge in [-0.1, -0.05) is 0 Å². The van der Waals surface area contributed by atoms with Gasteiger partial charge in [-0.15, -0.1) is 0 Å². The van der Waals surface area contributed by atoms with Crippen molar-refractivity contribution >= 4 is 6.29 Å². The lowest BCUT2D eigenvalue weighted by atomic mass is 10.3. The van der Waals surface area contributed by atoms with Gasteiger partial charge in [-0.25, -0.2) is 0 Å². The molecule has 0 aliphatic carbocycles. The van der Waals surface area contributed by atoms with Gasteiger partial charge in [-0.05, 0) is 6.92 Å². The number of hydrogen-bond donors (Lipinski definition) is 0. The third-order valence-corrected chi connectivity index (χ3v) is 0.692. The van der Waals surface area contributed by atoms with Crippen LogP contribution in [0.3, 0.4) is 0 Å². The lowest BCUT2D eigenvalue weighted by molar-refractivity contribution is -0.109. The Morgan fingerprint density at radius 1 is 2.00 bits per heavy atom. The Bertz CT molecular complexity index is 52.0. The van der Waals surface area contributed by atoms with Crippen molar-refractivity contribution in [1.29, 1.82) is 0 Å². The SMILES string of the molecule is [CH2]C(CC=O)OC. The van der Waals surface area contributed by atoms with Crippen molar-refractivity contribution in [2.45, 2.75) is 12.5 Å². The Hall–Kier alpha value is -0.370. The molecular formula is C5H9O2. The summed E-state index contributed by atoms with van der Waals surface area (Å²) < 4.78 is 4.65. The average molecular weight is 101 g/mol. The molecule has 0 aromatic heterocycles. The highest BCUT2D eigenvalue weighted by Crippen LogP contribution is 1.87. The van der Waals surface area contributed by atoms with Crippen LogP contribution in [0.5, 0.6) is 0 Å². The van der Waals surface area contributed by atoms with Crippen molar-refractivity contribution in [3.8, 4) is 0 Å². The summed E-state index contributed by atoms with van der Waals surface area (Å²) in [4.78, 5) is 9.65. The lowest BCUT2D eigenvalue weighted by Gasteiger charge is -2.00. The van der Waals surface area contributed by atoms with Crippen LogP contribution in [0, 0.1) is 6.92 Å². The van der Waals surface area contributed by atoms with Gasteiger partial charge in [0.1, 0.15) is 6.29 Å². The van der Waals surface area contributed by atoms with Gasteiger partial charge < -0.3 is 9.53 Å². The Morgan fingerprint density at radius 3 is 2.71 bits per heavy atom. The number of hydrogen-bond acceptors (Lipinski definition) is 2. The normalized spacial score (nSPS) is 13.4. The van der Waals surface area contributed by atoms with Gasteiger partial charge in [0.2, 0.25) is 0 Å². The highest BCUT2D eigenvalue weighted by Gasteiger charge is 1.93. The van der Waals surface area contributed by atoms with Gasteiger partial charge in [0.25, 0.3) is 0 Å². The summed E-state index contributed by atoms with van der Waals surface area (Å²) >= 11 is 0. The van der Waals surface area contributed by atoms with Crippen LogP contribution in [0.25, 0.3) is 0 Å². The Morgan fingerprint density at radius 2 is 2.57 bits per heavy atom. The molecular weight excluding hydrogens is 92.1 g/mol. The first-order chi connectivity index (χ1) is 3.31. The number of carbonyl (C=O) groups excluding carboxylic acids is 1. The van der Waals surface area contributed by atoms with Gasteiger partial charge in [-0.2, -0.15) is 0 Å². The molecule has 0 heterocycles. The molecule has 2 heteroatoms. The largest absolute Gasteiger partial charge is 0.381 e. The minimum Gasteiger partial charge on any atom is -0.381 e. The summed E-state index contributed by atoms with van der Waals surface area (Å²) in [6.07, 6.45) is 1.01. The number of aldehydes is 1. The van der Waals surface area contributed by atoms with Crippen molar-refractivity contribution in [3.63, 3.8) is 0 Å². The van der Waals surface area contributed by atoms with Crippen molar-refractivity contribution in [2.24, 2.45) is 0 Å². The molecule has 0 aliphatic heterocycles. The molecule has 1 radical (unpaired) electrons. The van der Waals surface area contributed by atoms with Gasteiger partial charge >= 0.3 is 0 Å². The van der Waals surface area contributed by atoms with Crippen LogP contribution >= 0.6 is 0 Å². The quantitative estimate of drug-likeness (QED) is 0.482. The number of rotatable bonds is 3. The minimum absolute atomic E-state index is 0.169. The molecule has 0 aromatic carbocycles. The van der Waals surface area contributed by atoms with E-state index in [0.717, 1.165) is 6.29 Å². The number of carbonyl (C=O) groups is 1. The van der Waals surface area contributed by atoms with E-state index in [1.54, 1.807) is 0 Å². The van der Waals surface area contributed by atoms with Crippen molar-refractivity contribution < 1.29 is 9.53 Å². The fourth-order valence-corrected chi connectivity index (χ4v) is 0.204. The average Bonchev–Trinajstić information content (AvgIpc) is 1.68. The molecule has 0 rings (SSSR count). The molecule has 0 saturated heterocycles. The van der Waals surface area contributed by atoms with E-state index in [0.29, 0.717) is 6.42 Å². The van der Waals surface area contributed by atoms with Crippen molar-refractivity contribution in [2.75, 3.05) is 7.11 Å². The van der Waals surface area contributed by atoms with E-state index >= 15 is 0 Å². The Kier molecular flexibility index (Phi) is 3.61. The maximum Gasteiger partial charge on any atom is 0.122 e. The van der Waals surface area contributed by atoms with E-state index < -0.39 is 0 Å². The molecule has 1 atom stereocenters. The van der Waals surface area contributed by atoms with Gasteiger partial charge in [0, 0.05) is 13.5 Å². The zero-order valence-electron chi connectivity index (χ0n) is 4.39. The topological polar surface area (TPSA) is 26.3 Å². The third-order valence-electron chi connectivity index (χ3n) is 0.692. The highest BCUT2D eigenvalue weighted by atomic mass is 16.5.